The number of nitrogens with zero attached hydrogens (tertiary/aromatic N) is 2. The number of hydrogen-bond donors (Lipinski definition) is 1. The molecule has 2 aromatic heterocycles. The van der Waals surface area contributed by atoms with E-state index in [4.69, 9.17) is 9.72 Å². The lowest BCUT2D eigenvalue weighted by Gasteiger charge is -2.30. The molecule has 0 saturated heterocycles. The summed E-state index contributed by atoms with van der Waals surface area (Å²) in [6, 6.07) is 17.6. The molecular weight excluding hydrogens is 490 g/mol. The third-order valence-corrected chi connectivity index (χ3v) is 8.45. The van der Waals surface area contributed by atoms with E-state index in [9.17, 15) is 9.59 Å². The van der Waals surface area contributed by atoms with Crippen LogP contribution in [0.2, 0.25) is 0 Å². The van der Waals surface area contributed by atoms with Gasteiger partial charge in [-0.2, -0.15) is 0 Å². The lowest BCUT2D eigenvalue weighted by atomic mass is 9.94. The SMILES string of the molecule is Cc1cccc(-n2c(SC(C)C(=O)NCc3ccccc3)nc3sc4c(c3c2=O)CC(C)(C)OC4)c1. The molecular formula is C28H29N3O3S2. The predicted octanol–water partition coefficient (Wildman–Crippen LogP) is 5.40. The zero-order valence-corrected chi connectivity index (χ0v) is 22.5. The molecule has 0 aliphatic carbocycles. The van der Waals surface area contributed by atoms with E-state index in [-0.39, 0.29) is 17.1 Å². The Kier molecular flexibility index (Phi) is 6.76. The van der Waals surface area contributed by atoms with Gasteiger partial charge in [-0.05, 0) is 56.5 Å². The largest absolute Gasteiger partial charge is 0.370 e. The van der Waals surface area contributed by atoms with Crippen molar-refractivity contribution in [1.29, 1.82) is 0 Å². The van der Waals surface area contributed by atoms with Gasteiger partial charge < -0.3 is 10.1 Å². The van der Waals surface area contributed by atoms with E-state index in [2.05, 4.69) is 5.32 Å². The number of benzene rings is 2. The quantitative estimate of drug-likeness (QED) is 0.273. The van der Waals surface area contributed by atoms with E-state index >= 15 is 0 Å². The molecule has 5 rings (SSSR count). The van der Waals surface area contributed by atoms with Gasteiger partial charge in [0.05, 0.1) is 28.5 Å². The molecule has 36 heavy (non-hydrogen) atoms. The molecule has 0 spiro atoms. The van der Waals surface area contributed by atoms with Gasteiger partial charge in [-0.1, -0.05) is 54.2 Å². The van der Waals surface area contributed by atoms with Crippen molar-refractivity contribution >= 4 is 39.2 Å². The second-order valence-corrected chi connectivity index (χ2v) is 12.1. The van der Waals surface area contributed by atoms with Crippen molar-refractivity contribution < 1.29 is 9.53 Å². The van der Waals surface area contributed by atoms with Crippen LogP contribution in [0.4, 0.5) is 0 Å². The van der Waals surface area contributed by atoms with Crippen molar-refractivity contribution in [2.75, 3.05) is 0 Å². The van der Waals surface area contributed by atoms with Crippen LogP contribution in [0.1, 0.15) is 42.3 Å². The van der Waals surface area contributed by atoms with Crippen LogP contribution in [0, 0.1) is 6.92 Å². The molecule has 186 valence electrons. The Morgan fingerprint density at radius 1 is 1.22 bits per heavy atom. The second kappa shape index (κ2) is 9.84. The molecule has 3 heterocycles. The fourth-order valence-electron chi connectivity index (χ4n) is 4.39. The van der Waals surface area contributed by atoms with Crippen LogP contribution < -0.4 is 10.9 Å². The molecule has 1 unspecified atom stereocenters. The minimum Gasteiger partial charge on any atom is -0.370 e. The van der Waals surface area contributed by atoms with Gasteiger partial charge >= 0.3 is 0 Å². The molecule has 1 aliphatic heterocycles. The summed E-state index contributed by atoms with van der Waals surface area (Å²) in [6.07, 6.45) is 0.665. The summed E-state index contributed by atoms with van der Waals surface area (Å²) in [5, 5.41) is 3.74. The van der Waals surface area contributed by atoms with Gasteiger partial charge in [0.2, 0.25) is 5.91 Å². The molecule has 0 radical (unpaired) electrons. The Hall–Kier alpha value is -2.94. The summed E-state index contributed by atoms with van der Waals surface area (Å²) in [5.74, 6) is -0.102. The monoisotopic (exact) mass is 519 g/mol. The highest BCUT2D eigenvalue weighted by atomic mass is 32.2. The number of thiophene rings is 1. The van der Waals surface area contributed by atoms with Crippen LogP contribution in [0.3, 0.4) is 0 Å². The van der Waals surface area contributed by atoms with Gasteiger partial charge in [0.15, 0.2) is 5.16 Å². The molecule has 0 fully saturated rings. The molecule has 1 atom stereocenters. The number of hydrogen-bond acceptors (Lipinski definition) is 6. The first-order valence-corrected chi connectivity index (χ1v) is 13.7. The van der Waals surface area contributed by atoms with Crippen LogP contribution >= 0.6 is 23.1 Å². The van der Waals surface area contributed by atoms with Gasteiger partial charge in [0.25, 0.3) is 5.56 Å². The van der Waals surface area contributed by atoms with Crippen molar-refractivity contribution in [2.24, 2.45) is 0 Å². The van der Waals surface area contributed by atoms with Crippen LogP contribution in [-0.4, -0.2) is 26.3 Å². The molecule has 1 aliphatic rings. The summed E-state index contributed by atoms with van der Waals surface area (Å²) >= 11 is 2.82. The van der Waals surface area contributed by atoms with Crippen LogP contribution in [0.25, 0.3) is 15.9 Å². The second-order valence-electron chi connectivity index (χ2n) is 9.75. The summed E-state index contributed by atoms with van der Waals surface area (Å²) in [7, 11) is 0. The lowest BCUT2D eigenvalue weighted by Crippen LogP contribution is -2.32. The normalized spacial score (nSPS) is 15.4. The third-order valence-electron chi connectivity index (χ3n) is 6.29. The number of ether oxygens (including phenoxy) is 1. The van der Waals surface area contributed by atoms with Gasteiger partial charge in [0, 0.05) is 17.8 Å². The Morgan fingerprint density at radius 2 is 2.00 bits per heavy atom. The standard InChI is InChI=1S/C28H29N3O3S2/c1-17-9-8-12-20(13-17)31-26(33)23-21-14-28(3,4)34-16-22(21)36-25(23)30-27(31)35-18(2)24(32)29-15-19-10-6-5-7-11-19/h5-13,18H,14-16H2,1-4H3,(H,29,32). The Balaban J connectivity index is 1.54. The minimum atomic E-state index is -0.439. The number of nitrogens with one attached hydrogen (secondary N) is 1. The average Bonchev–Trinajstić information content (AvgIpc) is 3.19. The van der Waals surface area contributed by atoms with Crippen LogP contribution in [-0.2, 0) is 29.1 Å². The van der Waals surface area contributed by atoms with Crippen molar-refractivity contribution in [3.63, 3.8) is 0 Å². The number of aryl methyl sites for hydroxylation is 1. The number of carbonyl (C=O) groups excluding carboxylic acids is 1. The van der Waals surface area contributed by atoms with E-state index in [0.29, 0.717) is 34.9 Å². The highest BCUT2D eigenvalue weighted by molar-refractivity contribution is 8.00. The van der Waals surface area contributed by atoms with Gasteiger partial charge in [-0.15, -0.1) is 11.3 Å². The number of rotatable bonds is 6. The lowest BCUT2D eigenvalue weighted by molar-refractivity contribution is -0.120. The summed E-state index contributed by atoms with van der Waals surface area (Å²) in [6.45, 7) is 8.87. The van der Waals surface area contributed by atoms with E-state index < -0.39 is 5.25 Å². The smallest absolute Gasteiger partial charge is 0.267 e. The maximum atomic E-state index is 14.0. The van der Waals surface area contributed by atoms with Crippen LogP contribution in [0.5, 0.6) is 0 Å². The molecule has 0 bridgehead atoms. The zero-order valence-electron chi connectivity index (χ0n) is 20.8. The fourth-order valence-corrected chi connectivity index (χ4v) is 6.48. The minimum absolute atomic E-state index is 0.0970. The molecule has 8 heteroatoms. The fraction of sp³-hybridized carbons (Fsp3) is 0.321. The summed E-state index contributed by atoms with van der Waals surface area (Å²) in [4.78, 5) is 33.7. The molecule has 6 nitrogen and oxygen atoms in total. The molecule has 1 N–H and O–H groups in total. The van der Waals surface area contributed by atoms with Gasteiger partial charge in [-0.3, -0.25) is 14.2 Å². The number of thioether (sulfide) groups is 1. The Labute approximate surface area is 218 Å². The molecule has 2 aromatic carbocycles. The number of fused-ring (bicyclic) bond motifs is 3. The maximum absolute atomic E-state index is 14.0. The summed E-state index contributed by atoms with van der Waals surface area (Å²) in [5.41, 5.74) is 3.44. The predicted molar refractivity (Wildman–Crippen MR) is 146 cm³/mol. The van der Waals surface area contributed by atoms with Crippen molar-refractivity contribution in [3.8, 4) is 5.69 Å². The van der Waals surface area contributed by atoms with E-state index in [1.54, 1.807) is 4.57 Å². The third kappa shape index (κ3) is 4.98. The first kappa shape index (κ1) is 24.7. The van der Waals surface area contributed by atoms with Gasteiger partial charge in [-0.25, -0.2) is 4.98 Å². The maximum Gasteiger partial charge on any atom is 0.267 e. The van der Waals surface area contributed by atoms with Crippen molar-refractivity contribution in [3.05, 3.63) is 86.5 Å². The number of aromatic nitrogens is 2. The highest BCUT2D eigenvalue weighted by Crippen LogP contribution is 2.38. The Bertz CT molecular complexity index is 1490. The van der Waals surface area contributed by atoms with Gasteiger partial charge in [0.1, 0.15) is 4.83 Å². The van der Waals surface area contributed by atoms with E-state index in [1.165, 1.54) is 23.1 Å². The zero-order chi connectivity index (χ0) is 25.4. The molecule has 4 aromatic rings. The topological polar surface area (TPSA) is 73.2 Å². The number of amides is 1. The van der Waals surface area contributed by atoms with E-state index in [1.807, 2.05) is 82.3 Å². The average molecular weight is 520 g/mol. The summed E-state index contributed by atoms with van der Waals surface area (Å²) < 4.78 is 7.66. The first-order chi connectivity index (χ1) is 17.2. The van der Waals surface area contributed by atoms with Crippen molar-refractivity contribution in [1.82, 2.24) is 14.9 Å². The Morgan fingerprint density at radius 3 is 2.75 bits per heavy atom. The highest BCUT2D eigenvalue weighted by Gasteiger charge is 2.32. The molecule has 0 saturated carbocycles. The first-order valence-electron chi connectivity index (χ1n) is 12.0. The van der Waals surface area contributed by atoms with Crippen molar-refractivity contribution in [2.45, 2.75) is 63.3 Å². The number of carbonyl (C=O) groups is 1. The van der Waals surface area contributed by atoms with E-state index in [0.717, 1.165) is 27.3 Å². The molecule has 1 amide bonds. The van der Waals surface area contributed by atoms with Crippen LogP contribution in [0.15, 0.2) is 64.5 Å².